The first-order valence-electron chi connectivity index (χ1n) is 9.88. The molecular weight excluding hydrogens is 425 g/mol. The minimum Gasteiger partial charge on any atom is -0.449 e. The van der Waals surface area contributed by atoms with Crippen molar-refractivity contribution >= 4 is 34.5 Å². The molecule has 2 heterocycles. The van der Waals surface area contributed by atoms with E-state index < -0.39 is 17.6 Å². The van der Waals surface area contributed by atoms with E-state index in [9.17, 15) is 22.8 Å². The first-order chi connectivity index (χ1) is 15.3. The van der Waals surface area contributed by atoms with Gasteiger partial charge in [0.1, 0.15) is 11.3 Å². The van der Waals surface area contributed by atoms with Gasteiger partial charge in [-0.05, 0) is 35.9 Å². The average molecular weight is 444 g/mol. The lowest BCUT2D eigenvalue weighted by Gasteiger charge is -2.26. The van der Waals surface area contributed by atoms with Crippen molar-refractivity contribution in [3.63, 3.8) is 0 Å². The smallest absolute Gasteiger partial charge is 0.416 e. The number of carbonyl (C=O) groups is 2. The first-order valence-corrected chi connectivity index (χ1v) is 9.88. The summed E-state index contributed by atoms with van der Waals surface area (Å²) >= 11 is 0. The Labute approximate surface area is 181 Å². The molecule has 0 spiro atoms. The number of halogens is 3. The number of nitrogens with one attached hydrogen (secondary N) is 1. The van der Waals surface area contributed by atoms with Gasteiger partial charge in [-0.2, -0.15) is 13.2 Å². The third-order valence-corrected chi connectivity index (χ3v) is 4.98. The standard InChI is InChI=1S/C23H19F3N2O4/c24-23(25,26)16-5-3-4-15(14-16)8-9-19(29)27-20-17-6-1-2-7-18(17)32-21(20)22(30)28-10-12-31-13-11-28/h1-9,14H,10-13H2,(H,27,29)/b9-8+. The first kappa shape index (κ1) is 21.6. The predicted molar refractivity (Wildman–Crippen MR) is 112 cm³/mol. The van der Waals surface area contributed by atoms with Crippen molar-refractivity contribution in [3.05, 3.63) is 71.5 Å². The van der Waals surface area contributed by atoms with Crippen LogP contribution in [-0.2, 0) is 15.7 Å². The number of nitrogens with zero attached hydrogens (tertiary/aromatic N) is 1. The Morgan fingerprint density at radius 2 is 1.78 bits per heavy atom. The minimum absolute atomic E-state index is 0.00563. The van der Waals surface area contributed by atoms with Gasteiger partial charge in [0.15, 0.2) is 0 Å². The summed E-state index contributed by atoms with van der Waals surface area (Å²) in [5.41, 5.74) is 0.0629. The van der Waals surface area contributed by atoms with Crippen molar-refractivity contribution in [2.24, 2.45) is 0 Å². The number of amides is 2. The van der Waals surface area contributed by atoms with E-state index in [2.05, 4.69) is 5.32 Å². The van der Waals surface area contributed by atoms with E-state index in [1.54, 1.807) is 29.2 Å². The van der Waals surface area contributed by atoms with Crippen LogP contribution in [0.5, 0.6) is 0 Å². The fraction of sp³-hybridized carbons (Fsp3) is 0.217. The molecule has 4 rings (SSSR count). The lowest BCUT2D eigenvalue weighted by Crippen LogP contribution is -2.40. The number of ether oxygens (including phenoxy) is 1. The Hall–Kier alpha value is -3.59. The van der Waals surface area contributed by atoms with Gasteiger partial charge in [-0.3, -0.25) is 9.59 Å². The molecule has 0 radical (unpaired) electrons. The van der Waals surface area contributed by atoms with Gasteiger partial charge in [0.2, 0.25) is 11.7 Å². The molecular formula is C23H19F3N2O4. The Morgan fingerprint density at radius 1 is 1.03 bits per heavy atom. The van der Waals surface area contributed by atoms with Crippen LogP contribution in [0.3, 0.4) is 0 Å². The molecule has 1 fully saturated rings. The summed E-state index contributed by atoms with van der Waals surface area (Å²) < 4.78 is 49.7. The van der Waals surface area contributed by atoms with E-state index >= 15 is 0 Å². The largest absolute Gasteiger partial charge is 0.449 e. The summed E-state index contributed by atoms with van der Waals surface area (Å²) in [4.78, 5) is 27.1. The van der Waals surface area contributed by atoms with Gasteiger partial charge in [-0.25, -0.2) is 0 Å². The molecule has 3 aromatic rings. The molecule has 166 valence electrons. The number of anilines is 1. The van der Waals surface area contributed by atoms with Crippen molar-refractivity contribution in [2.45, 2.75) is 6.18 Å². The fourth-order valence-corrected chi connectivity index (χ4v) is 3.39. The highest BCUT2D eigenvalue weighted by Gasteiger charge is 2.30. The third kappa shape index (κ3) is 4.67. The number of carbonyl (C=O) groups excluding carboxylic acids is 2. The molecule has 6 nitrogen and oxygen atoms in total. The molecule has 0 atom stereocenters. The summed E-state index contributed by atoms with van der Waals surface area (Å²) in [5, 5.41) is 3.19. The zero-order chi connectivity index (χ0) is 22.7. The fourth-order valence-electron chi connectivity index (χ4n) is 3.39. The van der Waals surface area contributed by atoms with Gasteiger partial charge in [0.05, 0.1) is 18.8 Å². The van der Waals surface area contributed by atoms with Crippen molar-refractivity contribution in [2.75, 3.05) is 31.6 Å². The van der Waals surface area contributed by atoms with E-state index in [4.69, 9.17) is 9.15 Å². The van der Waals surface area contributed by atoms with Gasteiger partial charge in [-0.15, -0.1) is 0 Å². The van der Waals surface area contributed by atoms with Crippen LogP contribution in [0.25, 0.3) is 17.0 Å². The quantitative estimate of drug-likeness (QED) is 0.599. The Morgan fingerprint density at radius 3 is 2.53 bits per heavy atom. The Bertz CT molecular complexity index is 1180. The maximum absolute atomic E-state index is 13.0. The predicted octanol–water partition coefficient (Wildman–Crippen LogP) is 4.58. The number of benzene rings is 2. The number of fused-ring (bicyclic) bond motifs is 1. The lowest BCUT2D eigenvalue weighted by molar-refractivity contribution is -0.137. The molecule has 0 bridgehead atoms. The molecule has 2 aromatic carbocycles. The average Bonchev–Trinajstić information content (AvgIpc) is 3.16. The highest BCUT2D eigenvalue weighted by atomic mass is 19.4. The number of morpholine rings is 1. The molecule has 9 heteroatoms. The third-order valence-electron chi connectivity index (χ3n) is 4.98. The highest BCUT2D eigenvalue weighted by molar-refractivity contribution is 6.13. The molecule has 1 N–H and O–H groups in total. The summed E-state index contributed by atoms with van der Waals surface area (Å²) in [7, 11) is 0. The van der Waals surface area contributed by atoms with E-state index in [1.165, 1.54) is 18.2 Å². The van der Waals surface area contributed by atoms with Crippen molar-refractivity contribution in [1.29, 1.82) is 0 Å². The number of para-hydroxylation sites is 1. The van der Waals surface area contributed by atoms with Gasteiger partial charge in [0, 0.05) is 24.6 Å². The highest BCUT2D eigenvalue weighted by Crippen LogP contribution is 2.32. The number of hydrogen-bond acceptors (Lipinski definition) is 4. The van der Waals surface area contributed by atoms with Crippen LogP contribution in [0.1, 0.15) is 21.7 Å². The molecule has 1 saturated heterocycles. The lowest BCUT2D eigenvalue weighted by atomic mass is 10.1. The van der Waals surface area contributed by atoms with Crippen LogP contribution in [0.2, 0.25) is 0 Å². The molecule has 32 heavy (non-hydrogen) atoms. The number of hydrogen-bond donors (Lipinski definition) is 1. The van der Waals surface area contributed by atoms with Crippen LogP contribution in [0.15, 0.2) is 59.0 Å². The van der Waals surface area contributed by atoms with E-state index in [-0.39, 0.29) is 22.9 Å². The number of alkyl halides is 3. The maximum Gasteiger partial charge on any atom is 0.416 e. The normalized spacial score (nSPS) is 14.8. The molecule has 0 unspecified atom stereocenters. The van der Waals surface area contributed by atoms with Gasteiger partial charge in [0.25, 0.3) is 5.91 Å². The Kier molecular flexibility index (Phi) is 6.00. The van der Waals surface area contributed by atoms with E-state index in [0.29, 0.717) is 37.3 Å². The molecule has 1 aromatic heterocycles. The maximum atomic E-state index is 13.0. The molecule has 0 saturated carbocycles. The summed E-state index contributed by atoms with van der Waals surface area (Å²) in [6.07, 6.45) is -2.09. The zero-order valence-electron chi connectivity index (χ0n) is 16.8. The van der Waals surface area contributed by atoms with E-state index in [1.807, 2.05) is 0 Å². The van der Waals surface area contributed by atoms with Crippen molar-refractivity contribution in [3.8, 4) is 0 Å². The van der Waals surface area contributed by atoms with Crippen LogP contribution >= 0.6 is 0 Å². The van der Waals surface area contributed by atoms with Crippen LogP contribution in [-0.4, -0.2) is 43.0 Å². The van der Waals surface area contributed by atoms with Crippen molar-refractivity contribution in [1.82, 2.24) is 4.90 Å². The summed E-state index contributed by atoms with van der Waals surface area (Å²) in [6, 6.07) is 11.5. The summed E-state index contributed by atoms with van der Waals surface area (Å²) in [6.45, 7) is 1.62. The monoisotopic (exact) mass is 444 g/mol. The molecule has 1 aliphatic heterocycles. The zero-order valence-corrected chi connectivity index (χ0v) is 16.8. The van der Waals surface area contributed by atoms with Gasteiger partial charge >= 0.3 is 6.18 Å². The topological polar surface area (TPSA) is 71.8 Å². The van der Waals surface area contributed by atoms with Gasteiger partial charge in [-0.1, -0.05) is 24.3 Å². The minimum atomic E-state index is -4.48. The van der Waals surface area contributed by atoms with Crippen LogP contribution in [0, 0.1) is 0 Å². The molecule has 1 aliphatic rings. The Balaban J connectivity index is 1.59. The van der Waals surface area contributed by atoms with E-state index in [0.717, 1.165) is 18.2 Å². The second-order valence-electron chi connectivity index (χ2n) is 7.15. The number of furan rings is 1. The van der Waals surface area contributed by atoms with Gasteiger partial charge < -0.3 is 19.4 Å². The number of rotatable bonds is 4. The second-order valence-corrected chi connectivity index (χ2v) is 7.15. The van der Waals surface area contributed by atoms with Crippen LogP contribution < -0.4 is 5.32 Å². The van der Waals surface area contributed by atoms with Crippen LogP contribution in [0.4, 0.5) is 18.9 Å². The SMILES string of the molecule is O=C(/C=C/c1cccc(C(F)(F)F)c1)Nc1c(C(=O)N2CCOCC2)oc2ccccc12. The second kappa shape index (κ2) is 8.88. The molecule has 2 amide bonds. The molecule has 0 aliphatic carbocycles. The summed E-state index contributed by atoms with van der Waals surface area (Å²) in [5.74, 6) is -0.986. The van der Waals surface area contributed by atoms with Crippen molar-refractivity contribution < 1.29 is 31.9 Å².